The van der Waals surface area contributed by atoms with Crippen molar-refractivity contribution >= 4 is 5.91 Å². The summed E-state index contributed by atoms with van der Waals surface area (Å²) in [4.78, 5) is 16.6. The fourth-order valence-electron chi connectivity index (χ4n) is 2.99. The van der Waals surface area contributed by atoms with Crippen LogP contribution in [-0.2, 0) is 4.79 Å². The summed E-state index contributed by atoms with van der Waals surface area (Å²) in [7, 11) is 2.14. The minimum atomic E-state index is 0.221. The number of rotatable bonds is 3. The van der Waals surface area contributed by atoms with Gasteiger partial charge in [-0.25, -0.2) is 0 Å². The monoisotopic (exact) mass is 253 g/mol. The second-order valence-electron chi connectivity index (χ2n) is 6.02. The lowest BCUT2D eigenvalue weighted by Crippen LogP contribution is -2.50. The van der Waals surface area contributed by atoms with Crippen LogP contribution in [0.1, 0.15) is 32.6 Å². The van der Waals surface area contributed by atoms with Gasteiger partial charge in [-0.2, -0.15) is 0 Å². The van der Waals surface area contributed by atoms with Gasteiger partial charge in [-0.1, -0.05) is 19.8 Å². The molecule has 2 atom stereocenters. The Hall–Kier alpha value is -0.610. The summed E-state index contributed by atoms with van der Waals surface area (Å²) in [6.07, 6.45) is 5.02. The lowest BCUT2D eigenvalue weighted by molar-refractivity contribution is -0.123. The van der Waals surface area contributed by atoms with Gasteiger partial charge in [0, 0.05) is 32.2 Å². The van der Waals surface area contributed by atoms with Crippen molar-refractivity contribution in [2.45, 2.75) is 38.6 Å². The maximum atomic E-state index is 12.0. The number of piperazine rings is 1. The molecule has 18 heavy (non-hydrogen) atoms. The van der Waals surface area contributed by atoms with Gasteiger partial charge in [-0.15, -0.1) is 0 Å². The zero-order chi connectivity index (χ0) is 13.0. The van der Waals surface area contributed by atoms with E-state index in [1.54, 1.807) is 0 Å². The number of nitrogens with zero attached hydrogens (tertiary/aromatic N) is 2. The summed E-state index contributed by atoms with van der Waals surface area (Å²) in [5, 5.41) is 3.23. The van der Waals surface area contributed by atoms with Crippen LogP contribution in [0, 0.1) is 5.92 Å². The Morgan fingerprint density at radius 1 is 1.17 bits per heavy atom. The zero-order valence-corrected chi connectivity index (χ0v) is 11.8. The van der Waals surface area contributed by atoms with Gasteiger partial charge >= 0.3 is 0 Å². The summed E-state index contributed by atoms with van der Waals surface area (Å²) in [5.41, 5.74) is 0. The van der Waals surface area contributed by atoms with E-state index in [0.29, 0.717) is 18.5 Å². The molecule has 0 unspecified atom stereocenters. The minimum Gasteiger partial charge on any atom is -0.352 e. The first-order valence-corrected chi connectivity index (χ1v) is 7.35. The highest BCUT2D eigenvalue weighted by Crippen LogP contribution is 2.23. The second kappa shape index (κ2) is 6.53. The molecule has 0 aromatic carbocycles. The summed E-state index contributed by atoms with van der Waals surface area (Å²) >= 11 is 0. The maximum absolute atomic E-state index is 12.0. The Morgan fingerprint density at radius 2 is 1.83 bits per heavy atom. The number of carbonyl (C=O) groups excluding carboxylic acids is 1. The van der Waals surface area contributed by atoms with E-state index in [-0.39, 0.29) is 5.91 Å². The van der Waals surface area contributed by atoms with E-state index in [2.05, 4.69) is 29.1 Å². The quantitative estimate of drug-likeness (QED) is 0.813. The minimum absolute atomic E-state index is 0.221. The largest absolute Gasteiger partial charge is 0.352 e. The Bertz CT molecular complexity index is 274. The molecular weight excluding hydrogens is 226 g/mol. The van der Waals surface area contributed by atoms with Crippen molar-refractivity contribution in [1.29, 1.82) is 0 Å². The third-order valence-electron chi connectivity index (χ3n) is 4.42. The van der Waals surface area contributed by atoms with Crippen molar-refractivity contribution in [3.8, 4) is 0 Å². The van der Waals surface area contributed by atoms with E-state index < -0.39 is 0 Å². The van der Waals surface area contributed by atoms with Crippen LogP contribution in [0.25, 0.3) is 0 Å². The molecule has 0 radical (unpaired) electrons. The lowest BCUT2D eigenvalue weighted by Gasteiger charge is -2.33. The van der Waals surface area contributed by atoms with Crippen molar-refractivity contribution in [3.05, 3.63) is 0 Å². The number of carbonyl (C=O) groups is 1. The van der Waals surface area contributed by atoms with Gasteiger partial charge in [0.1, 0.15) is 0 Å². The molecule has 1 saturated heterocycles. The Balaban J connectivity index is 1.71. The summed E-state index contributed by atoms with van der Waals surface area (Å²) < 4.78 is 0. The average molecular weight is 253 g/mol. The van der Waals surface area contributed by atoms with Gasteiger partial charge in [0.05, 0.1) is 6.54 Å². The van der Waals surface area contributed by atoms with Gasteiger partial charge in [-0.05, 0) is 25.8 Å². The first-order chi connectivity index (χ1) is 8.65. The van der Waals surface area contributed by atoms with E-state index in [0.717, 1.165) is 32.6 Å². The summed E-state index contributed by atoms with van der Waals surface area (Å²) in [6, 6.07) is 0.415. The van der Waals surface area contributed by atoms with Crippen LogP contribution in [0.4, 0.5) is 0 Å². The normalized spacial score (nSPS) is 31.2. The molecule has 1 saturated carbocycles. The number of likely N-dealkylation sites (N-methyl/N-ethyl adjacent to an activating group) is 1. The van der Waals surface area contributed by atoms with E-state index in [1.807, 2.05) is 0 Å². The van der Waals surface area contributed by atoms with Crippen LogP contribution in [0.2, 0.25) is 0 Å². The predicted octanol–water partition coefficient (Wildman–Crippen LogP) is 0.929. The first kappa shape index (κ1) is 13.8. The molecular formula is C14H27N3O. The van der Waals surface area contributed by atoms with Crippen molar-refractivity contribution in [2.24, 2.45) is 5.92 Å². The number of nitrogens with one attached hydrogen (secondary N) is 1. The third-order valence-corrected chi connectivity index (χ3v) is 4.42. The molecule has 104 valence electrons. The Kier molecular flexibility index (Phi) is 5.01. The van der Waals surface area contributed by atoms with Crippen LogP contribution in [-0.4, -0.2) is 61.5 Å². The predicted molar refractivity (Wildman–Crippen MR) is 73.5 cm³/mol. The van der Waals surface area contributed by atoms with Crippen LogP contribution < -0.4 is 5.32 Å². The molecule has 4 heteroatoms. The van der Waals surface area contributed by atoms with Gasteiger partial charge in [0.25, 0.3) is 0 Å². The number of amides is 1. The molecule has 1 N–H and O–H groups in total. The molecule has 2 aliphatic rings. The Morgan fingerprint density at radius 3 is 2.50 bits per heavy atom. The highest BCUT2D eigenvalue weighted by atomic mass is 16.2. The van der Waals surface area contributed by atoms with Gasteiger partial charge < -0.3 is 10.2 Å². The van der Waals surface area contributed by atoms with Crippen molar-refractivity contribution in [3.63, 3.8) is 0 Å². The lowest BCUT2D eigenvalue weighted by atomic mass is 9.86. The smallest absolute Gasteiger partial charge is 0.234 e. The van der Waals surface area contributed by atoms with Crippen LogP contribution >= 0.6 is 0 Å². The number of hydrogen-bond donors (Lipinski definition) is 1. The molecule has 4 nitrogen and oxygen atoms in total. The van der Waals surface area contributed by atoms with Crippen LogP contribution in [0.5, 0.6) is 0 Å². The summed E-state index contributed by atoms with van der Waals surface area (Å²) in [5.74, 6) is 0.869. The van der Waals surface area contributed by atoms with Gasteiger partial charge in [0.2, 0.25) is 5.91 Å². The standard InChI is InChI=1S/C14H27N3O/c1-12-5-3-4-6-13(12)15-14(18)11-17-9-7-16(2)8-10-17/h12-13H,3-11H2,1-2H3,(H,15,18)/t12-,13+/m0/s1. The van der Waals surface area contributed by atoms with Crippen molar-refractivity contribution < 1.29 is 4.79 Å². The molecule has 0 spiro atoms. The zero-order valence-electron chi connectivity index (χ0n) is 11.8. The summed E-state index contributed by atoms with van der Waals surface area (Å²) in [6.45, 7) is 7.03. The average Bonchev–Trinajstić information content (AvgIpc) is 2.35. The molecule has 1 aliphatic heterocycles. The van der Waals surface area contributed by atoms with Crippen molar-refractivity contribution in [2.75, 3.05) is 39.8 Å². The van der Waals surface area contributed by atoms with Gasteiger partial charge in [-0.3, -0.25) is 9.69 Å². The molecule has 0 bridgehead atoms. The topological polar surface area (TPSA) is 35.6 Å². The SMILES string of the molecule is C[C@H]1CCCC[C@H]1NC(=O)CN1CCN(C)CC1. The second-order valence-corrected chi connectivity index (χ2v) is 6.02. The molecule has 2 fully saturated rings. The van der Waals surface area contributed by atoms with Crippen molar-refractivity contribution in [1.82, 2.24) is 15.1 Å². The number of hydrogen-bond acceptors (Lipinski definition) is 3. The molecule has 1 amide bonds. The maximum Gasteiger partial charge on any atom is 0.234 e. The third kappa shape index (κ3) is 3.95. The molecule has 0 aromatic rings. The van der Waals surface area contributed by atoms with E-state index >= 15 is 0 Å². The van der Waals surface area contributed by atoms with E-state index in [1.165, 1.54) is 19.3 Å². The fourth-order valence-corrected chi connectivity index (χ4v) is 2.99. The Labute approximate surface area is 111 Å². The fraction of sp³-hybridized carbons (Fsp3) is 0.929. The highest BCUT2D eigenvalue weighted by Gasteiger charge is 2.24. The molecule has 2 rings (SSSR count). The first-order valence-electron chi connectivity index (χ1n) is 7.35. The highest BCUT2D eigenvalue weighted by molar-refractivity contribution is 5.78. The van der Waals surface area contributed by atoms with Crippen LogP contribution in [0.3, 0.4) is 0 Å². The van der Waals surface area contributed by atoms with E-state index in [9.17, 15) is 4.79 Å². The molecule has 1 heterocycles. The van der Waals surface area contributed by atoms with E-state index in [4.69, 9.17) is 0 Å². The molecule has 0 aromatic heterocycles. The molecule has 1 aliphatic carbocycles. The van der Waals surface area contributed by atoms with Gasteiger partial charge in [0.15, 0.2) is 0 Å². The van der Waals surface area contributed by atoms with Crippen LogP contribution in [0.15, 0.2) is 0 Å².